The molecule has 29 heavy (non-hydrogen) atoms. The summed E-state index contributed by atoms with van der Waals surface area (Å²) in [5.41, 5.74) is 0.768. The zero-order chi connectivity index (χ0) is 21.2. The van der Waals surface area contributed by atoms with Crippen LogP contribution < -0.4 is 19.5 Å². The van der Waals surface area contributed by atoms with E-state index in [2.05, 4.69) is 20.3 Å². The number of rotatable bonds is 8. The minimum Gasteiger partial charge on any atom is -0.475 e. The van der Waals surface area contributed by atoms with E-state index in [-0.39, 0.29) is 6.04 Å². The number of carbonyl (C=O) groups excluding carboxylic acids is 1. The monoisotopic (exact) mass is 438 g/mol. The number of nitrogens with zero attached hydrogens (tertiary/aromatic N) is 3. The Kier molecular flexibility index (Phi) is 9.04. The third kappa shape index (κ3) is 6.81. The maximum atomic E-state index is 8.81. The van der Waals surface area contributed by atoms with Crippen molar-refractivity contribution >= 4 is 39.4 Å². The van der Waals surface area contributed by atoms with Crippen LogP contribution in [0.1, 0.15) is 20.8 Å². The molecule has 0 aliphatic rings. The lowest BCUT2D eigenvalue weighted by atomic mass is 10.3. The van der Waals surface area contributed by atoms with E-state index in [1.165, 1.54) is 30.7 Å². The molecule has 0 amide bonds. The van der Waals surface area contributed by atoms with Crippen molar-refractivity contribution < 1.29 is 19.0 Å². The molecule has 0 aliphatic heterocycles. The van der Waals surface area contributed by atoms with Crippen molar-refractivity contribution in [2.45, 2.75) is 26.8 Å². The number of aldehydes is 1. The number of likely N-dealkylation sites (N-methyl/N-ethyl adjacent to an activating group) is 1. The Bertz CT molecular complexity index is 920. The van der Waals surface area contributed by atoms with Gasteiger partial charge in [0, 0.05) is 12.1 Å². The summed E-state index contributed by atoms with van der Waals surface area (Å²) in [5, 5.41) is 4.13. The SMILES string of the molecule is CC=O.CCOc1nc2cc(Cl)c(Oc3cnc(OCC(C)NC)cn3)cc2s1. The largest absolute Gasteiger partial charge is 0.475 e. The molecular weight excluding hydrogens is 416 g/mol. The van der Waals surface area contributed by atoms with E-state index < -0.39 is 0 Å². The van der Waals surface area contributed by atoms with Crippen LogP contribution in [0.5, 0.6) is 22.7 Å². The number of benzene rings is 1. The Balaban J connectivity index is 0.000000941. The first-order chi connectivity index (χ1) is 14.0. The molecule has 8 nitrogen and oxygen atoms in total. The molecule has 1 aromatic carbocycles. The highest BCUT2D eigenvalue weighted by Crippen LogP contribution is 2.37. The van der Waals surface area contributed by atoms with Crippen molar-refractivity contribution in [1.82, 2.24) is 20.3 Å². The average Bonchev–Trinajstić information content (AvgIpc) is 3.09. The van der Waals surface area contributed by atoms with E-state index in [9.17, 15) is 0 Å². The normalized spacial score (nSPS) is 11.3. The van der Waals surface area contributed by atoms with Crippen LogP contribution >= 0.6 is 22.9 Å². The first-order valence-electron chi connectivity index (χ1n) is 8.93. The molecule has 0 bridgehead atoms. The molecule has 0 fully saturated rings. The summed E-state index contributed by atoms with van der Waals surface area (Å²) in [6.07, 6.45) is 3.77. The van der Waals surface area contributed by atoms with Crippen LogP contribution in [-0.4, -0.2) is 47.5 Å². The standard InChI is InChI=1S/C17H19ClN4O3S.C2H4O/c1-4-23-17-22-12-5-11(18)13(6-14(12)26-17)25-16-8-20-15(7-21-16)24-9-10(2)19-3;1-2-3/h5-8,10,19H,4,9H2,1-3H3;2H,1H3. The first kappa shape index (κ1) is 22.8. The van der Waals surface area contributed by atoms with Crippen LogP contribution in [0.3, 0.4) is 0 Å². The lowest BCUT2D eigenvalue weighted by Crippen LogP contribution is -2.28. The van der Waals surface area contributed by atoms with Crippen LogP contribution in [0.25, 0.3) is 10.2 Å². The van der Waals surface area contributed by atoms with Gasteiger partial charge in [0.15, 0.2) is 0 Å². The fourth-order valence-electron chi connectivity index (χ4n) is 2.01. The summed E-state index contributed by atoms with van der Waals surface area (Å²) in [5.74, 6) is 1.25. The van der Waals surface area contributed by atoms with Crippen LogP contribution in [-0.2, 0) is 4.79 Å². The van der Waals surface area contributed by atoms with Crippen molar-refractivity contribution in [3.8, 4) is 22.7 Å². The third-order valence-electron chi connectivity index (χ3n) is 3.48. The highest BCUT2D eigenvalue weighted by molar-refractivity contribution is 7.20. The van der Waals surface area contributed by atoms with Gasteiger partial charge in [0.2, 0.25) is 11.8 Å². The molecule has 1 N–H and O–H groups in total. The third-order valence-corrected chi connectivity index (χ3v) is 4.71. The molecule has 3 aromatic rings. The molecule has 1 unspecified atom stereocenters. The van der Waals surface area contributed by atoms with Crippen molar-refractivity contribution in [2.75, 3.05) is 20.3 Å². The van der Waals surface area contributed by atoms with Gasteiger partial charge in [0.25, 0.3) is 5.19 Å². The second-order valence-electron chi connectivity index (χ2n) is 5.69. The number of hydrogen-bond acceptors (Lipinski definition) is 9. The minimum atomic E-state index is 0.222. The van der Waals surface area contributed by atoms with Gasteiger partial charge in [0.05, 0.1) is 34.2 Å². The molecule has 0 saturated heterocycles. The average molecular weight is 439 g/mol. The van der Waals surface area contributed by atoms with Gasteiger partial charge in [-0.3, -0.25) is 0 Å². The van der Waals surface area contributed by atoms with E-state index in [1.807, 2.05) is 27.0 Å². The molecule has 2 heterocycles. The van der Waals surface area contributed by atoms with E-state index in [4.69, 9.17) is 30.6 Å². The Hall–Kier alpha value is -2.49. The minimum absolute atomic E-state index is 0.222. The zero-order valence-electron chi connectivity index (χ0n) is 16.6. The maximum Gasteiger partial charge on any atom is 0.274 e. The fourth-order valence-corrected chi connectivity index (χ4v) is 3.09. The lowest BCUT2D eigenvalue weighted by molar-refractivity contribution is -0.106. The van der Waals surface area contributed by atoms with Crippen molar-refractivity contribution in [1.29, 1.82) is 0 Å². The van der Waals surface area contributed by atoms with Gasteiger partial charge in [-0.15, -0.1) is 0 Å². The molecular formula is C19H23ClN4O4S. The number of carbonyl (C=O) groups is 1. The van der Waals surface area contributed by atoms with Crippen molar-refractivity contribution in [2.24, 2.45) is 0 Å². The van der Waals surface area contributed by atoms with Crippen LogP contribution in [0, 0.1) is 0 Å². The van der Waals surface area contributed by atoms with Gasteiger partial charge in [-0.25, -0.2) is 15.0 Å². The molecule has 0 saturated carbocycles. The van der Waals surface area contributed by atoms with E-state index in [0.717, 1.165) is 16.5 Å². The number of fused-ring (bicyclic) bond motifs is 1. The molecule has 1 atom stereocenters. The Labute approximate surface area is 178 Å². The van der Waals surface area contributed by atoms with Gasteiger partial charge in [-0.2, -0.15) is 0 Å². The predicted octanol–water partition coefficient (Wildman–Crippen LogP) is 4.12. The molecule has 2 aromatic heterocycles. The van der Waals surface area contributed by atoms with Gasteiger partial charge >= 0.3 is 0 Å². The summed E-state index contributed by atoms with van der Waals surface area (Å²) < 4.78 is 17.6. The van der Waals surface area contributed by atoms with Gasteiger partial charge in [-0.05, 0) is 33.9 Å². The number of ether oxygens (including phenoxy) is 3. The molecule has 0 aliphatic carbocycles. The topological polar surface area (TPSA) is 95.5 Å². The highest BCUT2D eigenvalue weighted by atomic mass is 35.5. The maximum absolute atomic E-state index is 8.81. The first-order valence-corrected chi connectivity index (χ1v) is 10.1. The number of hydrogen-bond donors (Lipinski definition) is 1. The van der Waals surface area contributed by atoms with Gasteiger partial charge < -0.3 is 24.3 Å². The molecule has 10 heteroatoms. The van der Waals surface area contributed by atoms with Gasteiger partial charge in [0.1, 0.15) is 18.6 Å². The van der Waals surface area contributed by atoms with Crippen LogP contribution in [0.4, 0.5) is 0 Å². The Morgan fingerprint density at radius 3 is 2.55 bits per heavy atom. The quantitative estimate of drug-likeness (QED) is 0.524. The Morgan fingerprint density at radius 2 is 1.93 bits per heavy atom. The number of halogens is 1. The van der Waals surface area contributed by atoms with E-state index in [1.54, 1.807) is 6.07 Å². The van der Waals surface area contributed by atoms with Crippen LogP contribution in [0.2, 0.25) is 5.02 Å². The second kappa shape index (κ2) is 11.5. The number of thiazole rings is 1. The second-order valence-corrected chi connectivity index (χ2v) is 7.09. The highest BCUT2D eigenvalue weighted by Gasteiger charge is 2.12. The van der Waals surface area contributed by atoms with Crippen molar-refractivity contribution in [3.05, 3.63) is 29.5 Å². The molecule has 0 spiro atoms. The summed E-state index contributed by atoms with van der Waals surface area (Å²) in [7, 11) is 1.87. The summed E-state index contributed by atoms with van der Waals surface area (Å²) in [6.45, 7) is 6.44. The molecule has 3 rings (SSSR count). The van der Waals surface area contributed by atoms with Gasteiger partial charge in [-0.1, -0.05) is 22.9 Å². The predicted molar refractivity (Wildman–Crippen MR) is 114 cm³/mol. The fraction of sp³-hybridized carbons (Fsp3) is 0.368. The van der Waals surface area contributed by atoms with E-state index >= 15 is 0 Å². The number of nitrogens with one attached hydrogen (secondary N) is 1. The van der Waals surface area contributed by atoms with Crippen LogP contribution in [0.15, 0.2) is 24.5 Å². The zero-order valence-corrected chi connectivity index (χ0v) is 18.2. The lowest BCUT2D eigenvalue weighted by Gasteiger charge is -2.11. The summed E-state index contributed by atoms with van der Waals surface area (Å²) >= 11 is 7.73. The summed E-state index contributed by atoms with van der Waals surface area (Å²) in [6, 6.07) is 3.78. The number of aromatic nitrogens is 3. The van der Waals surface area contributed by atoms with E-state index in [0.29, 0.717) is 40.9 Å². The Morgan fingerprint density at radius 1 is 1.24 bits per heavy atom. The summed E-state index contributed by atoms with van der Waals surface area (Å²) in [4.78, 5) is 21.6. The molecule has 156 valence electrons. The molecule has 0 radical (unpaired) electrons. The van der Waals surface area contributed by atoms with Crippen molar-refractivity contribution in [3.63, 3.8) is 0 Å². The smallest absolute Gasteiger partial charge is 0.274 e.